The number of hydrogen-bond acceptors (Lipinski definition) is 6. The minimum atomic E-state index is -3.71. The van der Waals surface area contributed by atoms with Crippen LogP contribution in [0.2, 0.25) is 10.2 Å². The molecule has 1 unspecified atom stereocenters. The highest BCUT2D eigenvalue weighted by molar-refractivity contribution is 7.91. The predicted molar refractivity (Wildman–Crippen MR) is 133 cm³/mol. The van der Waals surface area contributed by atoms with Crippen LogP contribution in [0.25, 0.3) is 20.9 Å². The van der Waals surface area contributed by atoms with Crippen molar-refractivity contribution < 1.29 is 13.2 Å². The Balaban J connectivity index is 1.35. The van der Waals surface area contributed by atoms with Crippen molar-refractivity contribution in [3.63, 3.8) is 0 Å². The van der Waals surface area contributed by atoms with E-state index in [4.69, 9.17) is 23.2 Å². The van der Waals surface area contributed by atoms with Crippen molar-refractivity contribution in [3.05, 3.63) is 70.5 Å². The molecule has 6 nitrogen and oxygen atoms in total. The Kier molecular flexibility index (Phi) is 6.15. The smallest absolute Gasteiger partial charge is 0.252 e. The van der Waals surface area contributed by atoms with Gasteiger partial charge in [-0.15, -0.1) is 11.3 Å². The Morgan fingerprint density at radius 2 is 1.91 bits per heavy atom. The van der Waals surface area contributed by atoms with E-state index in [0.29, 0.717) is 29.8 Å². The highest BCUT2D eigenvalue weighted by Crippen LogP contribution is 2.33. The topological polar surface area (TPSA) is 70.6 Å². The minimum Gasteiger partial charge on any atom is -0.302 e. The first kappa shape index (κ1) is 22.7. The summed E-state index contributed by atoms with van der Waals surface area (Å²) in [6.45, 7) is 1.41. The fraction of sp³-hybridized carbons (Fsp3) is 0.217. The van der Waals surface area contributed by atoms with E-state index in [1.54, 1.807) is 24.4 Å². The molecule has 5 rings (SSSR count). The second-order valence-electron chi connectivity index (χ2n) is 7.94. The Bertz CT molecular complexity index is 1470. The Labute approximate surface area is 205 Å². The highest BCUT2D eigenvalue weighted by Gasteiger charge is 2.35. The van der Waals surface area contributed by atoms with E-state index in [9.17, 15) is 13.2 Å². The van der Waals surface area contributed by atoms with Crippen molar-refractivity contribution >= 4 is 71.7 Å². The quantitative estimate of drug-likeness (QED) is 0.279. The van der Waals surface area contributed by atoms with Gasteiger partial charge < -0.3 is 4.79 Å². The van der Waals surface area contributed by atoms with Crippen LogP contribution in [0.15, 0.2) is 58.9 Å². The molecule has 1 fully saturated rings. The van der Waals surface area contributed by atoms with Gasteiger partial charge in [0.15, 0.2) is 0 Å². The van der Waals surface area contributed by atoms with Crippen LogP contribution in [-0.4, -0.2) is 54.6 Å². The second-order valence-corrected chi connectivity index (χ2v) is 12.0. The number of aldehydes is 1. The first-order chi connectivity index (χ1) is 15.8. The number of carbonyl (C=O) groups excluding carboxylic acids is 1. The van der Waals surface area contributed by atoms with E-state index in [0.717, 1.165) is 32.7 Å². The molecular weight excluding hydrogens is 501 g/mol. The van der Waals surface area contributed by atoms with Gasteiger partial charge in [0.1, 0.15) is 15.6 Å². The third-order valence-electron chi connectivity index (χ3n) is 5.87. The fourth-order valence-corrected chi connectivity index (χ4v) is 7.63. The highest BCUT2D eigenvalue weighted by atomic mass is 35.5. The molecule has 170 valence electrons. The molecule has 0 N–H and O–H groups in total. The number of hydrogen-bond donors (Lipinski definition) is 0. The number of carbonyl (C=O) groups is 1. The number of aromatic nitrogens is 1. The van der Waals surface area contributed by atoms with Gasteiger partial charge >= 0.3 is 0 Å². The summed E-state index contributed by atoms with van der Waals surface area (Å²) in [5, 5.41) is 3.69. The molecule has 1 atom stereocenters. The maximum Gasteiger partial charge on any atom is 0.252 e. The minimum absolute atomic E-state index is 0.115. The number of pyridine rings is 1. The number of nitrogens with zero attached hydrogens (tertiary/aromatic N) is 3. The number of thiophene rings is 1. The molecule has 10 heteroatoms. The molecule has 1 saturated heterocycles. The lowest BCUT2D eigenvalue weighted by Gasteiger charge is -2.38. The summed E-state index contributed by atoms with van der Waals surface area (Å²) in [7, 11) is -3.71. The first-order valence-electron chi connectivity index (χ1n) is 10.3. The van der Waals surface area contributed by atoms with Crippen molar-refractivity contribution in [2.24, 2.45) is 0 Å². The molecule has 0 amide bonds. The van der Waals surface area contributed by atoms with E-state index < -0.39 is 16.1 Å². The van der Waals surface area contributed by atoms with Gasteiger partial charge in [-0.25, -0.2) is 13.4 Å². The van der Waals surface area contributed by atoms with Crippen LogP contribution in [-0.2, 0) is 21.4 Å². The molecule has 2 aromatic heterocycles. The third kappa shape index (κ3) is 4.39. The van der Waals surface area contributed by atoms with Crippen molar-refractivity contribution in [3.8, 4) is 0 Å². The Hall–Kier alpha value is -2.07. The Morgan fingerprint density at radius 3 is 2.73 bits per heavy atom. The molecule has 0 saturated carbocycles. The Morgan fingerprint density at radius 1 is 1.06 bits per heavy atom. The van der Waals surface area contributed by atoms with Crippen LogP contribution in [0, 0.1) is 0 Å². The van der Waals surface area contributed by atoms with Crippen molar-refractivity contribution in [2.75, 3.05) is 19.6 Å². The SMILES string of the molecule is O=CC1CN(S(=O)(=O)c2cc3ccc(Cl)cc3s2)CCN1Cc1ccc2c(Cl)nccc2c1. The fourth-order valence-electron chi connectivity index (χ4n) is 4.12. The lowest BCUT2D eigenvalue weighted by atomic mass is 10.1. The molecule has 0 spiro atoms. The van der Waals surface area contributed by atoms with Crippen molar-refractivity contribution in [1.29, 1.82) is 0 Å². The molecule has 2 aromatic carbocycles. The molecule has 0 bridgehead atoms. The molecule has 3 heterocycles. The zero-order chi connectivity index (χ0) is 23.2. The van der Waals surface area contributed by atoms with Crippen LogP contribution in [0.3, 0.4) is 0 Å². The number of fused-ring (bicyclic) bond motifs is 2. The third-order valence-corrected chi connectivity index (χ3v) is 9.82. The standard InChI is InChI=1S/C23H19Cl2N3O3S2/c24-18-3-2-17-10-22(32-21(17)11-18)33(30,31)28-8-7-27(19(13-28)14-29)12-15-1-4-20-16(9-15)5-6-26-23(20)25/h1-6,9-11,14,19H,7-8,12-13H2. The first-order valence-corrected chi connectivity index (χ1v) is 13.3. The van der Waals surface area contributed by atoms with E-state index >= 15 is 0 Å². The molecule has 33 heavy (non-hydrogen) atoms. The molecule has 1 aliphatic rings. The monoisotopic (exact) mass is 519 g/mol. The average Bonchev–Trinajstić information content (AvgIpc) is 3.23. The van der Waals surface area contributed by atoms with Gasteiger partial charge in [0.05, 0.1) is 6.04 Å². The van der Waals surface area contributed by atoms with E-state index in [1.807, 2.05) is 35.2 Å². The molecular formula is C23H19Cl2N3O3S2. The van der Waals surface area contributed by atoms with Crippen molar-refractivity contribution in [1.82, 2.24) is 14.2 Å². The second kappa shape index (κ2) is 8.94. The van der Waals surface area contributed by atoms with E-state index in [-0.39, 0.29) is 10.8 Å². The average molecular weight is 520 g/mol. The van der Waals surface area contributed by atoms with Crippen LogP contribution >= 0.6 is 34.5 Å². The summed E-state index contributed by atoms with van der Waals surface area (Å²) in [4.78, 5) is 18.0. The van der Waals surface area contributed by atoms with Gasteiger partial charge in [-0.2, -0.15) is 4.31 Å². The molecule has 0 aliphatic carbocycles. The van der Waals surface area contributed by atoms with E-state index in [1.165, 1.54) is 15.6 Å². The molecule has 1 aliphatic heterocycles. The molecule has 0 radical (unpaired) electrons. The van der Waals surface area contributed by atoms with Crippen molar-refractivity contribution in [2.45, 2.75) is 16.8 Å². The summed E-state index contributed by atoms with van der Waals surface area (Å²) in [5.74, 6) is 0. The summed E-state index contributed by atoms with van der Waals surface area (Å²) < 4.78 is 29.1. The number of piperazine rings is 1. The number of benzene rings is 2. The van der Waals surface area contributed by atoms with Crippen LogP contribution in [0.1, 0.15) is 5.56 Å². The number of rotatable bonds is 5. The van der Waals surface area contributed by atoms with Gasteiger partial charge in [-0.1, -0.05) is 41.4 Å². The summed E-state index contributed by atoms with van der Waals surface area (Å²) >= 11 is 13.4. The van der Waals surface area contributed by atoms with Gasteiger partial charge in [0.2, 0.25) is 0 Å². The van der Waals surface area contributed by atoms with Crippen LogP contribution in [0.5, 0.6) is 0 Å². The largest absolute Gasteiger partial charge is 0.302 e. The zero-order valence-corrected chi connectivity index (χ0v) is 20.5. The van der Waals surface area contributed by atoms with Crippen LogP contribution in [0.4, 0.5) is 0 Å². The van der Waals surface area contributed by atoms with Gasteiger partial charge in [0.25, 0.3) is 10.0 Å². The van der Waals surface area contributed by atoms with Gasteiger partial charge in [-0.05, 0) is 46.7 Å². The van der Waals surface area contributed by atoms with Crippen LogP contribution < -0.4 is 0 Å². The predicted octanol–water partition coefficient (Wildman–Crippen LogP) is 4.83. The number of sulfonamides is 1. The summed E-state index contributed by atoms with van der Waals surface area (Å²) in [5.41, 5.74) is 1.02. The zero-order valence-electron chi connectivity index (χ0n) is 17.3. The van der Waals surface area contributed by atoms with Gasteiger partial charge in [0, 0.05) is 47.5 Å². The summed E-state index contributed by atoms with van der Waals surface area (Å²) in [6, 6.07) is 14.3. The lowest BCUT2D eigenvalue weighted by molar-refractivity contribution is -0.114. The maximum absolute atomic E-state index is 13.3. The lowest BCUT2D eigenvalue weighted by Crippen LogP contribution is -2.54. The summed E-state index contributed by atoms with van der Waals surface area (Å²) in [6.07, 6.45) is 2.49. The maximum atomic E-state index is 13.3. The van der Waals surface area contributed by atoms with Gasteiger partial charge in [-0.3, -0.25) is 4.90 Å². The number of halogens is 2. The molecule has 4 aromatic rings. The van der Waals surface area contributed by atoms with E-state index in [2.05, 4.69) is 4.98 Å². The normalized spacial score (nSPS) is 18.2.